The Labute approximate surface area is 88.7 Å². The second-order valence-electron chi connectivity index (χ2n) is 4.35. The van der Waals surface area contributed by atoms with Crippen molar-refractivity contribution >= 4 is 0 Å². The smallest absolute Gasteiger partial charge is 0.0905 e. The molecule has 0 aromatic rings. The Morgan fingerprint density at radius 3 is 1.93 bits per heavy atom. The molecule has 2 heteroatoms. The first-order valence-corrected chi connectivity index (χ1v) is 5.85. The zero-order valence-corrected chi connectivity index (χ0v) is 10.3. The van der Waals surface area contributed by atoms with Crippen LogP contribution in [0.3, 0.4) is 0 Å². The molecule has 1 unspecified atom stereocenters. The summed E-state index contributed by atoms with van der Waals surface area (Å²) in [4.78, 5) is 0. The van der Waals surface area contributed by atoms with Crippen LogP contribution < -0.4 is 0 Å². The molecule has 0 aromatic heterocycles. The molecule has 0 amide bonds. The van der Waals surface area contributed by atoms with Crippen molar-refractivity contribution in [1.29, 1.82) is 0 Å². The lowest BCUT2D eigenvalue weighted by Crippen LogP contribution is -2.46. The Hall–Kier alpha value is -0.0800. The van der Waals surface area contributed by atoms with E-state index in [2.05, 4.69) is 20.8 Å². The van der Waals surface area contributed by atoms with Crippen molar-refractivity contribution in [3.05, 3.63) is 0 Å². The van der Waals surface area contributed by atoms with Gasteiger partial charge in [0.05, 0.1) is 11.7 Å². The maximum Gasteiger partial charge on any atom is 0.0905 e. The molecule has 0 rings (SSSR count). The van der Waals surface area contributed by atoms with E-state index in [0.717, 1.165) is 25.9 Å². The van der Waals surface area contributed by atoms with Crippen LogP contribution in [0.15, 0.2) is 0 Å². The molecule has 0 heterocycles. The fraction of sp³-hybridized carbons (Fsp3) is 1.00. The molecule has 0 fully saturated rings. The molecule has 0 spiro atoms. The third kappa shape index (κ3) is 3.58. The van der Waals surface area contributed by atoms with Crippen molar-refractivity contribution < 1.29 is 9.84 Å². The number of rotatable bonds is 7. The maximum absolute atomic E-state index is 10.4. The van der Waals surface area contributed by atoms with Crippen LogP contribution in [-0.2, 0) is 4.74 Å². The molecule has 0 aliphatic heterocycles. The van der Waals surface area contributed by atoms with E-state index in [1.165, 1.54) is 0 Å². The summed E-state index contributed by atoms with van der Waals surface area (Å²) < 4.78 is 5.75. The minimum absolute atomic E-state index is 0.0301. The van der Waals surface area contributed by atoms with Crippen molar-refractivity contribution in [2.75, 3.05) is 6.61 Å². The highest BCUT2D eigenvalue weighted by molar-refractivity contribution is 4.87. The second kappa shape index (κ2) is 6.41. The number of aliphatic hydroxyl groups is 1. The maximum atomic E-state index is 10.4. The molecule has 0 saturated heterocycles. The molecular weight excluding hydrogens is 176 g/mol. The standard InChI is InChI=1S/C12H26O2/c1-6-9-14-11(10(4)5)12(13,7-2)8-3/h10-11,13H,6-9H2,1-5H3. The van der Waals surface area contributed by atoms with Gasteiger partial charge in [0.25, 0.3) is 0 Å². The molecule has 0 aromatic carbocycles. The van der Waals surface area contributed by atoms with Gasteiger partial charge in [-0.15, -0.1) is 0 Å². The zero-order valence-electron chi connectivity index (χ0n) is 10.3. The van der Waals surface area contributed by atoms with E-state index in [9.17, 15) is 5.11 Å². The van der Waals surface area contributed by atoms with Crippen molar-refractivity contribution in [2.24, 2.45) is 5.92 Å². The van der Waals surface area contributed by atoms with Gasteiger partial charge >= 0.3 is 0 Å². The molecule has 2 nitrogen and oxygen atoms in total. The van der Waals surface area contributed by atoms with Gasteiger partial charge in [-0.1, -0.05) is 34.6 Å². The lowest BCUT2D eigenvalue weighted by Gasteiger charge is -2.37. The number of hydrogen-bond donors (Lipinski definition) is 1. The van der Waals surface area contributed by atoms with Gasteiger partial charge in [0.1, 0.15) is 0 Å². The van der Waals surface area contributed by atoms with E-state index < -0.39 is 5.60 Å². The van der Waals surface area contributed by atoms with Crippen LogP contribution in [0.25, 0.3) is 0 Å². The molecule has 1 atom stereocenters. The Morgan fingerprint density at radius 1 is 1.14 bits per heavy atom. The quantitative estimate of drug-likeness (QED) is 0.687. The largest absolute Gasteiger partial charge is 0.387 e. The highest BCUT2D eigenvalue weighted by atomic mass is 16.5. The first-order valence-electron chi connectivity index (χ1n) is 5.85. The molecule has 0 radical (unpaired) electrons. The molecule has 0 aliphatic carbocycles. The van der Waals surface area contributed by atoms with Gasteiger partial charge in [0, 0.05) is 6.61 Å². The molecule has 86 valence electrons. The first-order chi connectivity index (χ1) is 6.51. The van der Waals surface area contributed by atoms with E-state index in [-0.39, 0.29) is 6.10 Å². The Morgan fingerprint density at radius 2 is 1.64 bits per heavy atom. The van der Waals surface area contributed by atoms with Gasteiger partial charge < -0.3 is 9.84 Å². The van der Waals surface area contributed by atoms with Gasteiger partial charge in [0.15, 0.2) is 0 Å². The highest BCUT2D eigenvalue weighted by Crippen LogP contribution is 2.27. The molecule has 1 N–H and O–H groups in total. The summed E-state index contributed by atoms with van der Waals surface area (Å²) in [5, 5.41) is 10.4. The minimum Gasteiger partial charge on any atom is -0.387 e. The Balaban J connectivity index is 4.44. The zero-order chi connectivity index (χ0) is 11.2. The fourth-order valence-corrected chi connectivity index (χ4v) is 1.87. The van der Waals surface area contributed by atoms with E-state index in [1.807, 2.05) is 13.8 Å². The fourth-order valence-electron chi connectivity index (χ4n) is 1.87. The van der Waals surface area contributed by atoms with Gasteiger partial charge in [-0.05, 0) is 25.2 Å². The third-order valence-corrected chi connectivity index (χ3v) is 2.86. The van der Waals surface area contributed by atoms with Crippen LogP contribution in [-0.4, -0.2) is 23.4 Å². The third-order valence-electron chi connectivity index (χ3n) is 2.86. The van der Waals surface area contributed by atoms with Gasteiger partial charge in [0.2, 0.25) is 0 Å². The summed E-state index contributed by atoms with van der Waals surface area (Å²) in [6, 6.07) is 0. The lowest BCUT2D eigenvalue weighted by atomic mass is 9.84. The normalized spacial score (nSPS) is 14.8. The van der Waals surface area contributed by atoms with Crippen LogP contribution in [0.2, 0.25) is 0 Å². The van der Waals surface area contributed by atoms with Crippen LogP contribution in [0, 0.1) is 5.92 Å². The summed E-state index contributed by atoms with van der Waals surface area (Å²) in [7, 11) is 0. The summed E-state index contributed by atoms with van der Waals surface area (Å²) in [6.45, 7) is 11.1. The average molecular weight is 202 g/mol. The predicted octanol–water partition coefficient (Wildman–Crippen LogP) is 2.99. The SMILES string of the molecule is CCCOC(C(C)C)C(O)(CC)CC. The summed E-state index contributed by atoms with van der Waals surface area (Å²) in [5.74, 6) is 0.367. The number of ether oxygens (including phenoxy) is 1. The van der Waals surface area contributed by atoms with E-state index >= 15 is 0 Å². The minimum atomic E-state index is -0.649. The summed E-state index contributed by atoms with van der Waals surface area (Å²) in [5.41, 5.74) is -0.649. The van der Waals surface area contributed by atoms with Crippen molar-refractivity contribution in [2.45, 2.75) is 65.6 Å². The van der Waals surface area contributed by atoms with Crippen molar-refractivity contribution in [1.82, 2.24) is 0 Å². The first kappa shape index (κ1) is 13.9. The van der Waals surface area contributed by atoms with Crippen LogP contribution in [0.1, 0.15) is 53.9 Å². The summed E-state index contributed by atoms with van der Waals surface area (Å²) in [6.07, 6.45) is 2.50. The molecule has 0 bridgehead atoms. The molecule has 0 saturated carbocycles. The van der Waals surface area contributed by atoms with Crippen LogP contribution in [0.4, 0.5) is 0 Å². The van der Waals surface area contributed by atoms with Crippen LogP contribution in [0.5, 0.6) is 0 Å². The average Bonchev–Trinajstić information content (AvgIpc) is 2.17. The Bertz CT molecular complexity index is 139. The Kier molecular flexibility index (Phi) is 6.38. The molecule has 0 aliphatic rings. The monoisotopic (exact) mass is 202 g/mol. The predicted molar refractivity (Wildman–Crippen MR) is 60.4 cm³/mol. The highest BCUT2D eigenvalue weighted by Gasteiger charge is 2.35. The van der Waals surface area contributed by atoms with E-state index in [1.54, 1.807) is 0 Å². The van der Waals surface area contributed by atoms with Gasteiger partial charge in [-0.2, -0.15) is 0 Å². The molecule has 14 heavy (non-hydrogen) atoms. The van der Waals surface area contributed by atoms with Crippen molar-refractivity contribution in [3.8, 4) is 0 Å². The van der Waals surface area contributed by atoms with Crippen LogP contribution >= 0.6 is 0 Å². The lowest BCUT2D eigenvalue weighted by molar-refractivity contribution is -0.132. The van der Waals surface area contributed by atoms with E-state index in [0.29, 0.717) is 5.92 Å². The van der Waals surface area contributed by atoms with E-state index in [4.69, 9.17) is 4.74 Å². The van der Waals surface area contributed by atoms with Gasteiger partial charge in [-0.3, -0.25) is 0 Å². The van der Waals surface area contributed by atoms with Gasteiger partial charge in [-0.25, -0.2) is 0 Å². The summed E-state index contributed by atoms with van der Waals surface area (Å²) >= 11 is 0. The molecular formula is C12H26O2. The topological polar surface area (TPSA) is 29.5 Å². The second-order valence-corrected chi connectivity index (χ2v) is 4.35. The number of hydrogen-bond acceptors (Lipinski definition) is 2. The van der Waals surface area contributed by atoms with Crippen molar-refractivity contribution in [3.63, 3.8) is 0 Å².